The van der Waals surface area contributed by atoms with Crippen molar-refractivity contribution in [3.05, 3.63) is 58.6 Å². The summed E-state index contributed by atoms with van der Waals surface area (Å²) in [4.78, 5) is 14.9. The van der Waals surface area contributed by atoms with Gasteiger partial charge >= 0.3 is 0 Å². The minimum Gasteiger partial charge on any atom is -0.497 e. The zero-order valence-corrected chi connectivity index (χ0v) is 13.9. The number of benzene rings is 2. The van der Waals surface area contributed by atoms with E-state index < -0.39 is 11.2 Å². The molecular weight excluding hydrogens is 330 g/mol. The summed E-state index contributed by atoms with van der Waals surface area (Å²) in [6, 6.07) is 13.8. The highest BCUT2D eigenvalue weighted by atomic mass is 17.0. The number of hydrogen-bond donors (Lipinski definition) is 0. The largest absolute Gasteiger partial charge is 0.497 e. The van der Waals surface area contributed by atoms with E-state index in [-0.39, 0.29) is 13.2 Å². The molecule has 134 valence electrons. The molecule has 25 heavy (non-hydrogen) atoms. The Hall–Kier alpha value is -3.16. The first-order valence-electron chi connectivity index (χ1n) is 7.45. The lowest BCUT2D eigenvalue weighted by Crippen LogP contribution is -2.31. The zero-order chi connectivity index (χ0) is 18.1. The number of rotatable bonds is 10. The van der Waals surface area contributed by atoms with Gasteiger partial charge in [0.05, 0.1) is 14.2 Å². The summed E-state index contributed by atoms with van der Waals surface area (Å²) in [6.07, 6.45) is -0.666. The minimum absolute atomic E-state index is 0.0756. The lowest BCUT2D eigenvalue weighted by atomic mass is 10.3. The summed E-state index contributed by atoms with van der Waals surface area (Å²) >= 11 is 0. The molecule has 0 unspecified atom stereocenters. The summed E-state index contributed by atoms with van der Waals surface area (Å²) in [6.45, 7) is -0.179. The molecule has 0 amide bonds. The van der Waals surface area contributed by atoms with Crippen LogP contribution in [0.4, 0.5) is 0 Å². The lowest BCUT2D eigenvalue weighted by molar-refractivity contribution is -0.759. The summed E-state index contributed by atoms with van der Waals surface area (Å²) < 4.78 is 21.5. The van der Waals surface area contributed by atoms with Crippen molar-refractivity contribution in [2.24, 2.45) is 0 Å². The molecule has 8 heteroatoms. The molecule has 1 atom stereocenters. The zero-order valence-electron chi connectivity index (χ0n) is 13.9. The number of methoxy groups -OCH3 is 2. The van der Waals surface area contributed by atoms with E-state index in [4.69, 9.17) is 18.9 Å². The highest BCUT2D eigenvalue weighted by molar-refractivity contribution is 5.32. The summed E-state index contributed by atoms with van der Waals surface area (Å²) in [5.74, 6) is 2.50. The van der Waals surface area contributed by atoms with Gasteiger partial charge in [-0.15, -0.1) is 10.1 Å². The predicted molar refractivity (Wildman–Crippen MR) is 88.8 cm³/mol. The maximum absolute atomic E-state index is 10.4. The first-order valence-corrected chi connectivity index (χ1v) is 7.45. The molecule has 2 rings (SSSR count). The fourth-order valence-corrected chi connectivity index (χ4v) is 1.97. The Morgan fingerprint density at radius 3 is 1.80 bits per heavy atom. The maximum atomic E-state index is 10.4. The quantitative estimate of drug-likeness (QED) is 0.481. The molecule has 0 bridgehead atoms. The van der Waals surface area contributed by atoms with Crippen molar-refractivity contribution in [3.63, 3.8) is 0 Å². The summed E-state index contributed by atoms with van der Waals surface area (Å²) in [5, 5.41) is 9.58. The van der Waals surface area contributed by atoms with Gasteiger partial charge in [0.25, 0.3) is 5.09 Å². The van der Waals surface area contributed by atoms with E-state index in [1.54, 1.807) is 62.8 Å². The SMILES string of the molecule is COc1ccc(OC[C@@H](CO[N+](=O)[O-])Oc2ccc(OC)cc2)cc1. The van der Waals surface area contributed by atoms with E-state index >= 15 is 0 Å². The van der Waals surface area contributed by atoms with Crippen molar-refractivity contribution in [2.75, 3.05) is 27.4 Å². The van der Waals surface area contributed by atoms with Crippen molar-refractivity contribution in [3.8, 4) is 23.0 Å². The first-order chi connectivity index (χ1) is 12.1. The van der Waals surface area contributed by atoms with E-state index in [1.807, 2.05) is 0 Å². The fraction of sp³-hybridized carbons (Fsp3) is 0.294. The molecule has 0 aliphatic heterocycles. The van der Waals surface area contributed by atoms with Crippen molar-refractivity contribution in [2.45, 2.75) is 6.10 Å². The van der Waals surface area contributed by atoms with Crippen molar-refractivity contribution < 1.29 is 28.9 Å². The molecule has 0 heterocycles. The van der Waals surface area contributed by atoms with E-state index in [0.717, 1.165) is 0 Å². The second-order valence-electron chi connectivity index (χ2n) is 4.92. The number of hydrogen-bond acceptors (Lipinski definition) is 7. The molecule has 0 aromatic heterocycles. The molecule has 0 aliphatic rings. The Bertz CT molecular complexity index is 658. The van der Waals surface area contributed by atoms with Crippen molar-refractivity contribution in [1.82, 2.24) is 0 Å². The van der Waals surface area contributed by atoms with Crippen LogP contribution in [0.2, 0.25) is 0 Å². The molecule has 0 radical (unpaired) electrons. The van der Waals surface area contributed by atoms with Crippen LogP contribution in [0.25, 0.3) is 0 Å². The summed E-state index contributed by atoms with van der Waals surface area (Å²) in [7, 11) is 3.13. The smallest absolute Gasteiger partial charge is 0.294 e. The van der Waals surface area contributed by atoms with Crippen LogP contribution in [0.5, 0.6) is 23.0 Å². The third-order valence-electron chi connectivity index (χ3n) is 3.22. The predicted octanol–water partition coefficient (Wildman–Crippen LogP) is 2.74. The van der Waals surface area contributed by atoms with Crippen LogP contribution in [-0.4, -0.2) is 38.6 Å². The van der Waals surface area contributed by atoms with E-state index in [9.17, 15) is 10.1 Å². The van der Waals surface area contributed by atoms with Gasteiger partial charge in [0, 0.05) is 0 Å². The molecule has 0 N–H and O–H groups in total. The third-order valence-corrected chi connectivity index (χ3v) is 3.22. The van der Waals surface area contributed by atoms with Crippen LogP contribution >= 0.6 is 0 Å². The Balaban J connectivity index is 1.96. The molecule has 0 spiro atoms. The Labute approximate surface area is 144 Å². The van der Waals surface area contributed by atoms with Gasteiger partial charge in [0.2, 0.25) is 0 Å². The van der Waals surface area contributed by atoms with Gasteiger partial charge in [-0.05, 0) is 48.5 Å². The van der Waals surface area contributed by atoms with Crippen LogP contribution in [0.1, 0.15) is 0 Å². The fourth-order valence-electron chi connectivity index (χ4n) is 1.97. The van der Waals surface area contributed by atoms with E-state index in [2.05, 4.69) is 4.84 Å². The molecule has 8 nitrogen and oxygen atoms in total. The molecule has 0 saturated heterocycles. The second kappa shape index (κ2) is 9.21. The molecule has 2 aromatic carbocycles. The van der Waals surface area contributed by atoms with Gasteiger partial charge in [-0.3, -0.25) is 0 Å². The van der Waals surface area contributed by atoms with Crippen LogP contribution in [-0.2, 0) is 4.84 Å². The van der Waals surface area contributed by atoms with Crippen LogP contribution in [0.3, 0.4) is 0 Å². The van der Waals surface area contributed by atoms with Gasteiger partial charge in [-0.25, -0.2) is 0 Å². The van der Waals surface area contributed by atoms with Crippen LogP contribution in [0.15, 0.2) is 48.5 Å². The third kappa shape index (κ3) is 6.09. The Morgan fingerprint density at radius 2 is 1.32 bits per heavy atom. The van der Waals surface area contributed by atoms with Crippen LogP contribution < -0.4 is 18.9 Å². The van der Waals surface area contributed by atoms with E-state index in [1.165, 1.54) is 0 Å². The number of ether oxygens (including phenoxy) is 4. The molecule has 0 aliphatic carbocycles. The number of nitrogens with zero attached hydrogens (tertiary/aromatic N) is 1. The minimum atomic E-state index is -0.863. The van der Waals surface area contributed by atoms with Gasteiger partial charge in [-0.1, -0.05) is 0 Å². The van der Waals surface area contributed by atoms with Gasteiger partial charge in [0.15, 0.2) is 6.10 Å². The first kappa shape index (κ1) is 18.2. The average Bonchev–Trinajstić information content (AvgIpc) is 2.64. The lowest BCUT2D eigenvalue weighted by Gasteiger charge is -2.19. The highest BCUT2D eigenvalue weighted by Gasteiger charge is 2.15. The van der Waals surface area contributed by atoms with E-state index in [0.29, 0.717) is 23.0 Å². The molecule has 0 fully saturated rings. The standard InChI is InChI=1S/C17H19NO7/c1-21-13-3-7-15(8-4-13)23-11-17(12-24-18(19)20)25-16-9-5-14(22-2)6-10-16/h3-10,17H,11-12H2,1-2H3/t17-/m0/s1. The summed E-state index contributed by atoms with van der Waals surface area (Å²) in [5.41, 5.74) is 0. The van der Waals surface area contributed by atoms with Gasteiger partial charge in [0.1, 0.15) is 36.2 Å². The second-order valence-corrected chi connectivity index (χ2v) is 4.92. The van der Waals surface area contributed by atoms with Crippen molar-refractivity contribution >= 4 is 0 Å². The molecular formula is C17H19NO7. The van der Waals surface area contributed by atoms with Crippen LogP contribution in [0, 0.1) is 10.1 Å². The van der Waals surface area contributed by atoms with Gasteiger partial charge in [-0.2, -0.15) is 0 Å². The monoisotopic (exact) mass is 349 g/mol. The Kier molecular flexibility index (Phi) is 6.70. The average molecular weight is 349 g/mol. The topological polar surface area (TPSA) is 89.3 Å². The highest BCUT2D eigenvalue weighted by Crippen LogP contribution is 2.20. The normalized spacial score (nSPS) is 11.3. The van der Waals surface area contributed by atoms with Gasteiger partial charge < -0.3 is 23.8 Å². The molecule has 2 aromatic rings. The Morgan fingerprint density at radius 1 is 0.840 bits per heavy atom. The molecule has 0 saturated carbocycles. The maximum Gasteiger partial charge on any atom is 0.294 e. The van der Waals surface area contributed by atoms with Crippen molar-refractivity contribution in [1.29, 1.82) is 0 Å².